The molecule has 4 rings (SSSR count). The number of aromatic nitrogens is 1. The first-order valence-electron chi connectivity index (χ1n) is 9.87. The summed E-state index contributed by atoms with van der Waals surface area (Å²) in [5, 5.41) is 3.01. The number of carbonyl (C=O) groups excluding carboxylic acids is 1. The molecule has 148 valence electrons. The van der Waals surface area contributed by atoms with Crippen molar-refractivity contribution in [2.24, 2.45) is 0 Å². The van der Waals surface area contributed by atoms with Gasteiger partial charge in [-0.15, -0.1) is 0 Å². The van der Waals surface area contributed by atoms with E-state index >= 15 is 0 Å². The lowest BCUT2D eigenvalue weighted by molar-refractivity contribution is 0.0951. The van der Waals surface area contributed by atoms with Crippen molar-refractivity contribution in [2.75, 3.05) is 0 Å². The minimum atomic E-state index is -0.102. The van der Waals surface area contributed by atoms with Crippen molar-refractivity contribution in [3.05, 3.63) is 130 Å². The van der Waals surface area contributed by atoms with Gasteiger partial charge >= 0.3 is 0 Å². The fourth-order valence-corrected chi connectivity index (χ4v) is 3.38. The van der Waals surface area contributed by atoms with E-state index in [2.05, 4.69) is 5.32 Å². The Labute approximate surface area is 175 Å². The van der Waals surface area contributed by atoms with E-state index in [1.54, 1.807) is 22.9 Å². The van der Waals surface area contributed by atoms with Crippen molar-refractivity contribution in [2.45, 2.75) is 13.1 Å². The smallest absolute Gasteiger partial charge is 0.252 e. The van der Waals surface area contributed by atoms with Crippen LogP contribution in [0.4, 0.5) is 0 Å². The van der Waals surface area contributed by atoms with Crippen molar-refractivity contribution in [1.29, 1.82) is 0 Å². The maximum atomic E-state index is 12.8. The van der Waals surface area contributed by atoms with Gasteiger partial charge in [0.1, 0.15) is 0 Å². The van der Waals surface area contributed by atoms with E-state index in [0.29, 0.717) is 18.7 Å². The average Bonchev–Trinajstić information content (AvgIpc) is 2.80. The molecular formula is C26H22N2O2. The van der Waals surface area contributed by atoms with Crippen LogP contribution in [0.15, 0.2) is 108 Å². The van der Waals surface area contributed by atoms with Crippen LogP contribution in [0.25, 0.3) is 11.1 Å². The standard InChI is InChI=1S/C26H22N2O2/c29-25-12-6-7-17-28(25)19-21-15-13-20(14-16-21)18-27-26(30)24-11-5-4-10-23(24)22-8-2-1-3-9-22/h1-17H,18-19H2,(H,27,30). The third-order valence-corrected chi connectivity index (χ3v) is 4.98. The lowest BCUT2D eigenvalue weighted by atomic mass is 9.99. The molecule has 30 heavy (non-hydrogen) atoms. The summed E-state index contributed by atoms with van der Waals surface area (Å²) in [5.74, 6) is -0.102. The molecule has 3 aromatic carbocycles. The van der Waals surface area contributed by atoms with Gasteiger partial charge in [0, 0.05) is 24.4 Å². The average molecular weight is 394 g/mol. The van der Waals surface area contributed by atoms with Crippen LogP contribution in [0.5, 0.6) is 0 Å². The Morgan fingerprint density at radius 1 is 0.733 bits per heavy atom. The van der Waals surface area contributed by atoms with E-state index in [4.69, 9.17) is 0 Å². The highest BCUT2D eigenvalue weighted by Crippen LogP contribution is 2.23. The summed E-state index contributed by atoms with van der Waals surface area (Å²) in [6.45, 7) is 0.963. The molecule has 1 amide bonds. The molecule has 4 aromatic rings. The van der Waals surface area contributed by atoms with E-state index in [9.17, 15) is 9.59 Å². The molecule has 0 spiro atoms. The Bertz CT molecular complexity index is 1200. The fraction of sp³-hybridized carbons (Fsp3) is 0.0769. The van der Waals surface area contributed by atoms with Gasteiger partial charge in [-0.05, 0) is 34.4 Å². The first-order chi connectivity index (χ1) is 14.7. The van der Waals surface area contributed by atoms with E-state index in [-0.39, 0.29) is 11.5 Å². The highest BCUT2D eigenvalue weighted by Gasteiger charge is 2.12. The zero-order valence-electron chi connectivity index (χ0n) is 16.5. The number of carbonyl (C=O) groups is 1. The molecule has 1 N–H and O–H groups in total. The maximum absolute atomic E-state index is 12.8. The maximum Gasteiger partial charge on any atom is 0.252 e. The van der Waals surface area contributed by atoms with Gasteiger partial charge in [-0.25, -0.2) is 0 Å². The largest absolute Gasteiger partial charge is 0.348 e. The van der Waals surface area contributed by atoms with Gasteiger partial charge in [0.05, 0.1) is 6.54 Å². The molecule has 4 nitrogen and oxygen atoms in total. The third-order valence-electron chi connectivity index (χ3n) is 4.98. The van der Waals surface area contributed by atoms with Crippen LogP contribution in [0, 0.1) is 0 Å². The summed E-state index contributed by atoms with van der Waals surface area (Å²) in [6, 6.07) is 30.6. The molecule has 0 radical (unpaired) electrons. The molecule has 0 aliphatic carbocycles. The quantitative estimate of drug-likeness (QED) is 0.524. The van der Waals surface area contributed by atoms with Gasteiger partial charge < -0.3 is 9.88 Å². The molecule has 1 aromatic heterocycles. The number of pyridine rings is 1. The molecule has 0 unspecified atom stereocenters. The predicted octanol–water partition coefficient (Wildman–Crippen LogP) is 4.49. The monoisotopic (exact) mass is 394 g/mol. The molecule has 0 fully saturated rings. The Morgan fingerprint density at radius 3 is 2.17 bits per heavy atom. The van der Waals surface area contributed by atoms with Crippen molar-refractivity contribution in [1.82, 2.24) is 9.88 Å². The molecule has 0 atom stereocenters. The molecule has 0 aliphatic rings. The number of rotatable bonds is 6. The van der Waals surface area contributed by atoms with Crippen LogP contribution >= 0.6 is 0 Å². The number of nitrogens with zero attached hydrogens (tertiary/aromatic N) is 1. The van der Waals surface area contributed by atoms with Crippen LogP contribution in [0.1, 0.15) is 21.5 Å². The summed E-state index contributed by atoms with van der Waals surface area (Å²) in [4.78, 5) is 24.7. The highest BCUT2D eigenvalue weighted by atomic mass is 16.1. The Kier molecular flexibility index (Phi) is 5.85. The summed E-state index contributed by atoms with van der Waals surface area (Å²) >= 11 is 0. The summed E-state index contributed by atoms with van der Waals surface area (Å²) in [5.41, 5.74) is 4.61. The Hall–Kier alpha value is -3.92. The van der Waals surface area contributed by atoms with Crippen molar-refractivity contribution in [3.63, 3.8) is 0 Å². The molecule has 0 aliphatic heterocycles. The van der Waals surface area contributed by atoms with E-state index < -0.39 is 0 Å². The molecular weight excluding hydrogens is 372 g/mol. The normalized spacial score (nSPS) is 10.5. The van der Waals surface area contributed by atoms with Crippen molar-refractivity contribution >= 4 is 5.91 Å². The second-order valence-corrected chi connectivity index (χ2v) is 7.08. The SMILES string of the molecule is O=C(NCc1ccc(Cn2ccccc2=O)cc1)c1ccccc1-c1ccccc1. The van der Waals surface area contributed by atoms with Crippen LogP contribution in [-0.2, 0) is 13.1 Å². The van der Waals surface area contributed by atoms with E-state index in [1.165, 1.54) is 0 Å². The number of hydrogen-bond acceptors (Lipinski definition) is 2. The second kappa shape index (κ2) is 9.05. The minimum absolute atomic E-state index is 0.0223. The summed E-state index contributed by atoms with van der Waals surface area (Å²) in [6.07, 6.45) is 1.78. The fourth-order valence-electron chi connectivity index (χ4n) is 3.38. The van der Waals surface area contributed by atoms with Crippen LogP contribution in [0.3, 0.4) is 0 Å². The summed E-state index contributed by atoms with van der Waals surface area (Å²) in [7, 11) is 0. The molecule has 1 heterocycles. The topological polar surface area (TPSA) is 51.1 Å². The number of hydrogen-bond donors (Lipinski definition) is 1. The number of amides is 1. The first kappa shape index (κ1) is 19.4. The van der Waals surface area contributed by atoms with E-state index in [0.717, 1.165) is 22.3 Å². The van der Waals surface area contributed by atoms with Gasteiger partial charge in [-0.1, -0.05) is 78.9 Å². The van der Waals surface area contributed by atoms with Crippen molar-refractivity contribution < 1.29 is 4.79 Å². The number of benzene rings is 3. The zero-order valence-corrected chi connectivity index (χ0v) is 16.5. The molecule has 4 heteroatoms. The molecule has 0 bridgehead atoms. The Balaban J connectivity index is 1.43. The number of nitrogens with one attached hydrogen (secondary N) is 1. The van der Waals surface area contributed by atoms with Gasteiger partial charge in [0.2, 0.25) is 0 Å². The highest BCUT2D eigenvalue weighted by molar-refractivity contribution is 6.00. The van der Waals surface area contributed by atoms with E-state index in [1.807, 2.05) is 84.9 Å². The predicted molar refractivity (Wildman–Crippen MR) is 119 cm³/mol. The lowest BCUT2D eigenvalue weighted by Crippen LogP contribution is -2.23. The second-order valence-electron chi connectivity index (χ2n) is 7.08. The van der Waals surface area contributed by atoms with Gasteiger partial charge in [-0.2, -0.15) is 0 Å². The first-order valence-corrected chi connectivity index (χ1v) is 9.87. The third kappa shape index (κ3) is 4.55. The van der Waals surface area contributed by atoms with Gasteiger partial charge in [0.25, 0.3) is 11.5 Å². The van der Waals surface area contributed by atoms with Crippen molar-refractivity contribution in [3.8, 4) is 11.1 Å². The van der Waals surface area contributed by atoms with Crippen LogP contribution in [0.2, 0.25) is 0 Å². The van der Waals surface area contributed by atoms with Crippen LogP contribution in [-0.4, -0.2) is 10.5 Å². The van der Waals surface area contributed by atoms with Crippen LogP contribution < -0.4 is 10.9 Å². The Morgan fingerprint density at radius 2 is 1.40 bits per heavy atom. The van der Waals surface area contributed by atoms with Gasteiger partial charge in [0.15, 0.2) is 0 Å². The minimum Gasteiger partial charge on any atom is -0.348 e. The molecule has 0 saturated carbocycles. The lowest BCUT2D eigenvalue weighted by Gasteiger charge is -2.11. The molecule has 0 saturated heterocycles. The summed E-state index contributed by atoms with van der Waals surface area (Å²) < 4.78 is 1.66. The van der Waals surface area contributed by atoms with Gasteiger partial charge in [-0.3, -0.25) is 9.59 Å². The zero-order chi connectivity index (χ0) is 20.8.